The molecule has 2 unspecified atom stereocenters. The highest BCUT2D eigenvalue weighted by atomic mass is 16.7. The van der Waals surface area contributed by atoms with Crippen molar-refractivity contribution in [3.05, 3.63) is 34.9 Å². The Morgan fingerprint density at radius 2 is 1.88 bits per heavy atom. The first kappa shape index (κ1) is 23.5. The van der Waals surface area contributed by atoms with Crippen molar-refractivity contribution in [2.45, 2.75) is 95.6 Å². The summed E-state index contributed by atoms with van der Waals surface area (Å²) in [6.45, 7) is 8.01. The van der Waals surface area contributed by atoms with Gasteiger partial charge in [0.05, 0.1) is 6.61 Å². The minimum atomic E-state index is -1.48. The number of aliphatic hydroxyl groups is 4. The van der Waals surface area contributed by atoms with Crippen molar-refractivity contribution in [1.82, 2.24) is 0 Å². The lowest BCUT2D eigenvalue weighted by Gasteiger charge is -2.47. The van der Waals surface area contributed by atoms with Gasteiger partial charge in [0.15, 0.2) is 0 Å². The normalized spacial score (nSPS) is 35.9. The summed E-state index contributed by atoms with van der Waals surface area (Å²) < 4.78 is 18.3. The van der Waals surface area contributed by atoms with Crippen LogP contribution >= 0.6 is 0 Å². The molecule has 1 fully saturated rings. The van der Waals surface area contributed by atoms with Crippen LogP contribution in [0.5, 0.6) is 11.5 Å². The molecule has 1 aromatic rings. The number of benzene rings is 1. The third-order valence-electron chi connectivity index (χ3n) is 7.18. The molecule has 0 spiro atoms. The van der Waals surface area contributed by atoms with Crippen molar-refractivity contribution in [2.75, 3.05) is 6.61 Å². The highest BCUT2D eigenvalue weighted by Crippen LogP contribution is 2.54. The molecule has 32 heavy (non-hydrogen) atoms. The zero-order valence-corrected chi connectivity index (χ0v) is 19.3. The molecule has 7 nitrogen and oxygen atoms in total. The van der Waals surface area contributed by atoms with Crippen molar-refractivity contribution in [2.24, 2.45) is 5.92 Å². The molecule has 1 saturated heterocycles. The van der Waals surface area contributed by atoms with Crippen molar-refractivity contribution >= 4 is 0 Å². The summed E-state index contributed by atoms with van der Waals surface area (Å²) in [4.78, 5) is 0. The summed E-state index contributed by atoms with van der Waals surface area (Å²) >= 11 is 0. The number of hydrogen-bond donors (Lipinski definition) is 4. The lowest BCUT2D eigenvalue weighted by molar-refractivity contribution is -0.277. The average Bonchev–Trinajstić information content (AvgIpc) is 2.73. The first-order valence-electron chi connectivity index (χ1n) is 11.6. The fraction of sp³-hybridized carbons (Fsp3) is 0.680. The largest absolute Gasteiger partial charge is 0.487 e. The molecule has 7 atom stereocenters. The number of rotatable bonds is 5. The van der Waals surface area contributed by atoms with E-state index in [0.717, 1.165) is 42.6 Å². The topological polar surface area (TPSA) is 109 Å². The van der Waals surface area contributed by atoms with Gasteiger partial charge >= 0.3 is 0 Å². The molecule has 4 rings (SSSR count). The van der Waals surface area contributed by atoms with Crippen molar-refractivity contribution < 1.29 is 34.6 Å². The summed E-state index contributed by atoms with van der Waals surface area (Å²) in [5.41, 5.74) is 3.01. The lowest BCUT2D eigenvalue weighted by Crippen LogP contribution is -2.60. The fourth-order valence-electron chi connectivity index (χ4n) is 5.42. The Labute approximate surface area is 189 Å². The third-order valence-corrected chi connectivity index (χ3v) is 7.18. The number of fused-ring (bicyclic) bond motifs is 3. The molecule has 4 N–H and O–H groups in total. The Bertz CT molecular complexity index is 862. The summed E-state index contributed by atoms with van der Waals surface area (Å²) in [7, 11) is 0. The van der Waals surface area contributed by atoms with Gasteiger partial charge in [-0.15, -0.1) is 0 Å². The van der Waals surface area contributed by atoms with E-state index in [1.807, 2.05) is 6.07 Å². The van der Waals surface area contributed by atoms with Crippen LogP contribution in [0.25, 0.3) is 0 Å². The molecule has 1 aromatic carbocycles. The van der Waals surface area contributed by atoms with E-state index in [1.165, 1.54) is 5.57 Å². The van der Waals surface area contributed by atoms with E-state index in [9.17, 15) is 20.4 Å². The van der Waals surface area contributed by atoms with E-state index in [4.69, 9.17) is 14.2 Å². The molecule has 0 bridgehead atoms. The zero-order valence-electron chi connectivity index (χ0n) is 19.3. The highest BCUT2D eigenvalue weighted by Gasteiger charge is 2.48. The first-order chi connectivity index (χ1) is 15.2. The zero-order chi connectivity index (χ0) is 23.2. The van der Waals surface area contributed by atoms with Crippen molar-refractivity contribution in [3.8, 4) is 11.5 Å². The second-order valence-electron chi connectivity index (χ2n) is 9.98. The maximum absolute atomic E-state index is 10.5. The summed E-state index contributed by atoms with van der Waals surface area (Å²) in [5, 5.41) is 40.4. The van der Waals surface area contributed by atoms with Crippen LogP contribution in [-0.4, -0.2) is 63.3 Å². The van der Waals surface area contributed by atoms with Crippen LogP contribution in [-0.2, 0) is 11.2 Å². The Morgan fingerprint density at radius 1 is 1.12 bits per heavy atom. The number of hydrogen-bond acceptors (Lipinski definition) is 7. The van der Waals surface area contributed by atoms with E-state index >= 15 is 0 Å². The predicted molar refractivity (Wildman–Crippen MR) is 119 cm³/mol. The molecule has 7 heteroatoms. The van der Waals surface area contributed by atoms with Gasteiger partial charge in [0.2, 0.25) is 6.29 Å². The van der Waals surface area contributed by atoms with Crippen LogP contribution in [0.2, 0.25) is 0 Å². The SMILES string of the molecule is CCCc1cc(O[C@@H]2OC(CO)[C@@H](O)C(O)[C@@H]2O)c2c(c1)OC(C)(C)[C@@H]1CC=C(C)C[C@@H]21. The second-order valence-corrected chi connectivity index (χ2v) is 9.98. The maximum Gasteiger partial charge on any atom is 0.229 e. The van der Waals surface area contributed by atoms with Gasteiger partial charge in [-0.2, -0.15) is 0 Å². The van der Waals surface area contributed by atoms with E-state index in [1.54, 1.807) is 0 Å². The molecule has 3 aliphatic rings. The quantitative estimate of drug-likeness (QED) is 0.512. The molecular formula is C25H36O7. The van der Waals surface area contributed by atoms with Gasteiger partial charge in [0.25, 0.3) is 0 Å². The summed E-state index contributed by atoms with van der Waals surface area (Å²) in [6.07, 6.45) is -0.718. The van der Waals surface area contributed by atoms with Gasteiger partial charge in [0.1, 0.15) is 41.5 Å². The van der Waals surface area contributed by atoms with Gasteiger partial charge in [-0.1, -0.05) is 25.0 Å². The minimum Gasteiger partial charge on any atom is -0.487 e. The van der Waals surface area contributed by atoms with E-state index < -0.39 is 37.3 Å². The number of aliphatic hydroxyl groups excluding tert-OH is 4. The first-order valence-corrected chi connectivity index (χ1v) is 11.6. The standard InChI is InChI=1S/C25H36O7/c1-5-6-14-10-17(30-24-23(29)22(28)21(27)19(12-26)31-24)20-15-9-13(2)7-8-16(15)25(3,4)32-18(20)11-14/h7,10-11,15-16,19,21-24,26-29H,5-6,8-9,12H2,1-4H3/t15-,16-,19?,21-,22?,23+,24-/m1/s1. The Morgan fingerprint density at radius 3 is 2.56 bits per heavy atom. The fourth-order valence-corrected chi connectivity index (χ4v) is 5.42. The summed E-state index contributed by atoms with van der Waals surface area (Å²) in [5.74, 6) is 1.81. The molecular weight excluding hydrogens is 412 g/mol. The number of allylic oxidation sites excluding steroid dienone is 2. The molecule has 0 radical (unpaired) electrons. The van der Waals surface area contributed by atoms with Gasteiger partial charge in [-0.05, 0) is 57.7 Å². The van der Waals surface area contributed by atoms with Crippen LogP contribution in [0.3, 0.4) is 0 Å². The number of ether oxygens (including phenoxy) is 3. The minimum absolute atomic E-state index is 0.189. The third kappa shape index (κ3) is 4.17. The summed E-state index contributed by atoms with van der Waals surface area (Å²) in [6, 6.07) is 4.06. The Hall–Kier alpha value is -1.64. The maximum atomic E-state index is 10.5. The molecule has 2 heterocycles. The monoisotopic (exact) mass is 448 g/mol. The van der Waals surface area contributed by atoms with Gasteiger partial charge in [-0.3, -0.25) is 0 Å². The van der Waals surface area contributed by atoms with Crippen molar-refractivity contribution in [3.63, 3.8) is 0 Å². The van der Waals surface area contributed by atoms with Gasteiger partial charge < -0.3 is 34.6 Å². The van der Waals surface area contributed by atoms with Crippen LogP contribution < -0.4 is 9.47 Å². The molecule has 2 aliphatic heterocycles. The van der Waals surface area contributed by atoms with Gasteiger partial charge in [-0.25, -0.2) is 0 Å². The van der Waals surface area contributed by atoms with E-state index in [0.29, 0.717) is 5.75 Å². The van der Waals surface area contributed by atoms with E-state index in [2.05, 4.69) is 39.8 Å². The van der Waals surface area contributed by atoms with Crippen LogP contribution in [0.4, 0.5) is 0 Å². The molecule has 0 aromatic heterocycles. The average molecular weight is 449 g/mol. The lowest BCUT2D eigenvalue weighted by atomic mass is 9.67. The molecule has 178 valence electrons. The number of aryl methyl sites for hydroxylation is 1. The van der Waals surface area contributed by atoms with E-state index in [-0.39, 0.29) is 17.4 Å². The smallest absolute Gasteiger partial charge is 0.229 e. The predicted octanol–water partition coefficient (Wildman–Crippen LogP) is 2.43. The molecule has 1 aliphatic carbocycles. The van der Waals surface area contributed by atoms with Gasteiger partial charge in [0, 0.05) is 17.4 Å². The van der Waals surface area contributed by atoms with Crippen molar-refractivity contribution in [1.29, 1.82) is 0 Å². The molecule has 0 amide bonds. The van der Waals surface area contributed by atoms with Crippen LogP contribution in [0.15, 0.2) is 23.8 Å². The highest BCUT2D eigenvalue weighted by molar-refractivity contribution is 5.53. The Kier molecular flexibility index (Phi) is 6.58. The second kappa shape index (κ2) is 8.95. The molecule has 0 saturated carbocycles. The van der Waals surface area contributed by atoms with Crippen LogP contribution in [0, 0.1) is 5.92 Å². The van der Waals surface area contributed by atoms with Crippen LogP contribution in [0.1, 0.15) is 64.0 Å². The Balaban J connectivity index is 1.76.